The Kier molecular flexibility index (Phi) is 10.9. The molecule has 2 saturated carbocycles. The number of carbonyl (C=O) groups excluding carboxylic acids is 2. The number of ether oxygens (including phenoxy) is 2. The second-order valence-corrected chi connectivity index (χ2v) is 18.5. The fourth-order valence-electron chi connectivity index (χ4n) is 8.20. The van der Waals surface area contributed by atoms with Crippen LogP contribution in [0, 0.1) is 0 Å². The Morgan fingerprint density at radius 2 is 1.51 bits per heavy atom. The molecule has 0 radical (unpaired) electrons. The number of carbonyl (C=O) groups is 2. The van der Waals surface area contributed by atoms with Crippen LogP contribution in [0.2, 0.25) is 0 Å². The van der Waals surface area contributed by atoms with Gasteiger partial charge in [0.2, 0.25) is 15.9 Å². The third-order valence-electron chi connectivity index (χ3n) is 11.4. The van der Waals surface area contributed by atoms with Crippen LogP contribution in [0.4, 0.5) is 18.0 Å². The molecule has 4 fully saturated rings. The van der Waals surface area contributed by atoms with Crippen LogP contribution in [0.3, 0.4) is 0 Å². The molecule has 2 amide bonds. The molecule has 14 heteroatoms. The highest BCUT2D eigenvalue weighted by molar-refractivity contribution is 7.89. The first kappa shape index (κ1) is 39.4. The van der Waals surface area contributed by atoms with Crippen LogP contribution in [0.25, 0.3) is 10.8 Å². The van der Waals surface area contributed by atoms with Gasteiger partial charge in [-0.1, -0.05) is 36.4 Å². The normalized spacial score (nSPS) is 21.8. The highest BCUT2D eigenvalue weighted by Gasteiger charge is 2.64. The van der Waals surface area contributed by atoms with Gasteiger partial charge < -0.3 is 19.7 Å². The van der Waals surface area contributed by atoms with E-state index in [1.807, 2.05) is 23.1 Å². The molecular formula is C41H51F3N4O6S. The molecule has 3 aromatic carbocycles. The second-order valence-electron chi connectivity index (χ2n) is 16.6. The van der Waals surface area contributed by atoms with Gasteiger partial charge in [0.15, 0.2) is 0 Å². The molecule has 4 aliphatic rings. The lowest BCUT2D eigenvalue weighted by molar-refractivity contribution is -0.160. The van der Waals surface area contributed by atoms with Gasteiger partial charge in [0.1, 0.15) is 17.4 Å². The summed E-state index contributed by atoms with van der Waals surface area (Å²) in [5, 5.41) is 4.47. The monoisotopic (exact) mass is 784 g/mol. The molecular weight excluding hydrogens is 734 g/mol. The molecule has 10 nitrogen and oxygen atoms in total. The molecule has 0 aromatic heterocycles. The van der Waals surface area contributed by atoms with E-state index in [2.05, 4.69) is 5.32 Å². The van der Waals surface area contributed by atoms with E-state index in [4.69, 9.17) is 9.47 Å². The van der Waals surface area contributed by atoms with Crippen molar-refractivity contribution < 1.29 is 40.7 Å². The van der Waals surface area contributed by atoms with E-state index in [-0.39, 0.29) is 54.4 Å². The molecule has 298 valence electrons. The van der Waals surface area contributed by atoms with Crippen molar-refractivity contribution in [3.05, 3.63) is 71.8 Å². The average Bonchev–Trinajstić information content (AvgIpc) is 3.81. The average molecular weight is 785 g/mol. The number of hydrogen-bond acceptors (Lipinski definition) is 7. The van der Waals surface area contributed by atoms with Crippen LogP contribution in [0.5, 0.6) is 5.75 Å². The molecule has 2 aliphatic heterocycles. The first-order valence-electron chi connectivity index (χ1n) is 19.4. The number of fused-ring (bicyclic) bond motifs is 1. The molecule has 1 atom stereocenters. The zero-order chi connectivity index (χ0) is 39.2. The van der Waals surface area contributed by atoms with Crippen molar-refractivity contribution >= 4 is 32.8 Å². The molecule has 2 saturated heterocycles. The summed E-state index contributed by atoms with van der Waals surface area (Å²) < 4.78 is 83.0. The topological polar surface area (TPSA) is 108 Å². The highest BCUT2D eigenvalue weighted by atomic mass is 32.2. The van der Waals surface area contributed by atoms with Crippen molar-refractivity contribution in [1.82, 2.24) is 19.4 Å². The number of alkyl halides is 3. The van der Waals surface area contributed by atoms with E-state index in [1.165, 1.54) is 16.4 Å². The third-order valence-corrected chi connectivity index (χ3v) is 13.3. The summed E-state index contributed by atoms with van der Waals surface area (Å²) >= 11 is 0. The summed E-state index contributed by atoms with van der Waals surface area (Å²) in [4.78, 5) is 30.5. The Balaban J connectivity index is 1.09. The number of hydrogen-bond donors (Lipinski definition) is 1. The van der Waals surface area contributed by atoms with E-state index in [9.17, 15) is 31.2 Å². The Morgan fingerprint density at radius 1 is 0.855 bits per heavy atom. The Labute approximate surface area is 321 Å². The van der Waals surface area contributed by atoms with Gasteiger partial charge in [0, 0.05) is 45.3 Å². The van der Waals surface area contributed by atoms with Crippen molar-refractivity contribution in [3.8, 4) is 5.75 Å². The first-order valence-corrected chi connectivity index (χ1v) is 20.8. The molecule has 2 aliphatic carbocycles. The number of rotatable bonds is 9. The molecule has 55 heavy (non-hydrogen) atoms. The summed E-state index contributed by atoms with van der Waals surface area (Å²) in [6.07, 6.45) is 0.853. The SMILES string of the molecule is CC(C)(C)OC(=O)NC1CCN(C(=O)[C@@H]2CN(Cc3ccc(C4(C(F)(F)F)CC4)cc3)CCN2S(=O)(=O)c2ccc3cc(OC4CCCC4)ccc3c2)CC1. The quantitative estimate of drug-likeness (QED) is 0.246. The molecule has 1 N–H and O–H groups in total. The van der Waals surface area contributed by atoms with Gasteiger partial charge in [0.05, 0.1) is 16.4 Å². The van der Waals surface area contributed by atoms with Gasteiger partial charge in [-0.2, -0.15) is 17.5 Å². The standard InChI is InChI=1S/C41H51F3N4O6S/c1-39(2,3)54-38(50)45-32-16-20-47(21-17-32)37(49)36-27-46(26-28-8-12-31(13-9-28)40(18-19-40)41(42,43)44)22-23-48(36)55(51,52)35-15-11-29-24-34(14-10-30(29)25-35)53-33-6-4-5-7-33/h8-15,24-25,32-33,36H,4-7,16-23,26-27H2,1-3H3,(H,45,50)/t36-/m0/s1. The molecule has 0 spiro atoms. The molecule has 2 heterocycles. The smallest absolute Gasteiger partial charge is 0.407 e. The third kappa shape index (κ3) is 8.76. The van der Waals surface area contributed by atoms with Gasteiger partial charge in [0.25, 0.3) is 0 Å². The van der Waals surface area contributed by atoms with E-state index in [1.54, 1.807) is 56.0 Å². The minimum absolute atomic E-state index is 0.0525. The number of alkyl carbamates (subject to hydrolysis) is 1. The summed E-state index contributed by atoms with van der Waals surface area (Å²) in [5.41, 5.74) is -1.38. The van der Waals surface area contributed by atoms with Gasteiger partial charge in [-0.25, -0.2) is 13.2 Å². The first-order chi connectivity index (χ1) is 26.0. The van der Waals surface area contributed by atoms with Crippen LogP contribution < -0.4 is 10.1 Å². The van der Waals surface area contributed by atoms with Crippen molar-refractivity contribution in [2.75, 3.05) is 32.7 Å². The van der Waals surface area contributed by atoms with Crippen molar-refractivity contribution in [1.29, 1.82) is 0 Å². The zero-order valence-corrected chi connectivity index (χ0v) is 32.6. The minimum atomic E-state index is -4.30. The maximum Gasteiger partial charge on any atom is 0.407 e. The van der Waals surface area contributed by atoms with Gasteiger partial charge in [-0.05, 0) is 118 Å². The number of nitrogens with zero attached hydrogens (tertiary/aromatic N) is 3. The number of benzene rings is 3. The maximum atomic E-state index is 14.5. The summed E-state index contributed by atoms with van der Waals surface area (Å²) in [7, 11) is -4.14. The number of piperidine rings is 1. The lowest BCUT2D eigenvalue weighted by Crippen LogP contribution is -2.61. The van der Waals surface area contributed by atoms with Crippen LogP contribution in [-0.2, 0) is 31.5 Å². The van der Waals surface area contributed by atoms with Crippen molar-refractivity contribution in [2.24, 2.45) is 0 Å². The lowest BCUT2D eigenvalue weighted by atomic mass is 9.94. The summed E-state index contributed by atoms with van der Waals surface area (Å²) in [5.74, 6) is 0.429. The predicted octanol–water partition coefficient (Wildman–Crippen LogP) is 7.15. The number of piperazine rings is 1. The fourth-order valence-corrected chi connectivity index (χ4v) is 9.80. The van der Waals surface area contributed by atoms with E-state index in [0.717, 1.165) is 47.8 Å². The van der Waals surface area contributed by atoms with Gasteiger partial charge >= 0.3 is 12.3 Å². The molecule has 7 rings (SSSR count). The van der Waals surface area contributed by atoms with Crippen LogP contribution in [0.15, 0.2) is 65.6 Å². The van der Waals surface area contributed by atoms with Crippen molar-refractivity contribution in [2.45, 2.75) is 119 Å². The number of amides is 2. The Hall–Kier alpha value is -3.88. The lowest BCUT2D eigenvalue weighted by Gasteiger charge is -2.42. The predicted molar refractivity (Wildman–Crippen MR) is 202 cm³/mol. The number of likely N-dealkylation sites (tertiary alicyclic amines) is 1. The second kappa shape index (κ2) is 15.2. The van der Waals surface area contributed by atoms with Crippen molar-refractivity contribution in [3.63, 3.8) is 0 Å². The zero-order valence-electron chi connectivity index (χ0n) is 31.7. The molecule has 0 bridgehead atoms. The summed E-state index contributed by atoms with van der Waals surface area (Å²) in [6.45, 7) is 6.85. The number of sulfonamides is 1. The van der Waals surface area contributed by atoms with E-state index < -0.39 is 39.4 Å². The van der Waals surface area contributed by atoms with Gasteiger partial charge in [-0.3, -0.25) is 9.69 Å². The van der Waals surface area contributed by atoms with Crippen LogP contribution in [-0.4, -0.2) is 97.2 Å². The number of halogens is 3. The van der Waals surface area contributed by atoms with Crippen LogP contribution >= 0.6 is 0 Å². The molecule has 3 aromatic rings. The maximum absolute atomic E-state index is 14.5. The highest BCUT2D eigenvalue weighted by Crippen LogP contribution is 2.58. The van der Waals surface area contributed by atoms with E-state index in [0.29, 0.717) is 39.0 Å². The fraction of sp³-hybridized carbons (Fsp3) is 0.561. The largest absolute Gasteiger partial charge is 0.490 e. The van der Waals surface area contributed by atoms with E-state index >= 15 is 0 Å². The van der Waals surface area contributed by atoms with Gasteiger partial charge in [-0.15, -0.1) is 0 Å². The summed E-state index contributed by atoms with van der Waals surface area (Å²) in [6, 6.07) is 15.9. The van der Waals surface area contributed by atoms with Crippen LogP contribution in [0.1, 0.15) is 83.3 Å². The molecule has 0 unspecified atom stereocenters. The number of nitrogens with one attached hydrogen (secondary N) is 1. The minimum Gasteiger partial charge on any atom is -0.490 e. The Morgan fingerprint density at radius 3 is 2.15 bits per heavy atom. The Bertz CT molecular complexity index is 1980.